The molecule has 0 fully saturated rings. The van der Waals surface area contributed by atoms with Crippen LogP contribution in [0.3, 0.4) is 0 Å². The van der Waals surface area contributed by atoms with Crippen LogP contribution in [-0.2, 0) is 13.1 Å². The summed E-state index contributed by atoms with van der Waals surface area (Å²) in [6.07, 6.45) is 0.172. The molecule has 0 unspecified atom stereocenters. The van der Waals surface area contributed by atoms with Gasteiger partial charge < -0.3 is 15.3 Å². The smallest absolute Gasteiger partial charge is 0.263 e. The first-order valence-electron chi connectivity index (χ1n) is 9.40. The van der Waals surface area contributed by atoms with Crippen molar-refractivity contribution in [3.05, 3.63) is 68.2 Å². The van der Waals surface area contributed by atoms with Crippen LogP contribution in [0.4, 0.5) is 4.39 Å². The zero-order valence-corrected chi connectivity index (χ0v) is 18.0. The van der Waals surface area contributed by atoms with Crippen molar-refractivity contribution in [2.75, 3.05) is 0 Å². The highest BCUT2D eigenvalue weighted by atomic mass is 35.5. The number of aromatic nitrogens is 6. The molecule has 1 amide bonds. The highest BCUT2D eigenvalue weighted by Crippen LogP contribution is 2.29. The quantitative estimate of drug-likeness (QED) is 0.366. The lowest BCUT2D eigenvalue weighted by molar-refractivity contribution is 0.100. The van der Waals surface area contributed by atoms with E-state index in [0.717, 1.165) is 16.1 Å². The molecule has 1 atom stereocenters. The number of aliphatic hydroxyl groups is 1. The largest absolute Gasteiger partial charge is 0.458 e. The Morgan fingerprint density at radius 1 is 1.36 bits per heavy atom. The molecule has 0 radical (unpaired) electrons. The molecule has 5 aromatic rings. The molecule has 11 nitrogen and oxygen atoms in total. The van der Waals surface area contributed by atoms with Crippen molar-refractivity contribution in [2.24, 2.45) is 5.73 Å². The van der Waals surface area contributed by atoms with E-state index in [4.69, 9.17) is 21.8 Å². The minimum atomic E-state index is -1.15. The number of thiophene rings is 1. The summed E-state index contributed by atoms with van der Waals surface area (Å²) in [5, 5.41) is 24.4. The number of furan rings is 1. The average molecular weight is 490 g/mol. The lowest BCUT2D eigenvalue weighted by Gasteiger charge is -2.05. The molecule has 4 aromatic heterocycles. The van der Waals surface area contributed by atoms with Gasteiger partial charge in [-0.1, -0.05) is 11.6 Å². The van der Waals surface area contributed by atoms with Gasteiger partial charge in [0.05, 0.1) is 35.4 Å². The van der Waals surface area contributed by atoms with Crippen molar-refractivity contribution < 1.29 is 18.7 Å². The number of nitrogens with two attached hydrogens (primary N) is 1. The molecular formula is C19H13ClFN7O4S. The van der Waals surface area contributed by atoms with Crippen molar-refractivity contribution in [3.8, 4) is 0 Å². The number of hydrogen-bond donors (Lipinski definition) is 2. The minimum absolute atomic E-state index is 0.0612. The summed E-state index contributed by atoms with van der Waals surface area (Å²) in [6, 6.07) is 4.03. The van der Waals surface area contributed by atoms with Gasteiger partial charge in [0.15, 0.2) is 5.82 Å². The third kappa shape index (κ3) is 3.86. The molecule has 0 saturated heterocycles. The van der Waals surface area contributed by atoms with Crippen molar-refractivity contribution in [2.45, 2.75) is 19.2 Å². The number of carbonyl (C=O) groups excluding carboxylic acids is 1. The van der Waals surface area contributed by atoms with E-state index in [9.17, 15) is 19.1 Å². The van der Waals surface area contributed by atoms with Crippen LogP contribution in [0.25, 0.3) is 21.2 Å². The maximum absolute atomic E-state index is 13.6. The number of benzene rings is 1. The lowest BCUT2D eigenvalue weighted by atomic mass is 10.2. The van der Waals surface area contributed by atoms with Gasteiger partial charge in [-0.3, -0.25) is 14.2 Å². The van der Waals surface area contributed by atoms with Gasteiger partial charge in [0, 0.05) is 16.8 Å². The predicted octanol–water partition coefficient (Wildman–Crippen LogP) is 1.86. The molecule has 4 heterocycles. The molecule has 0 aliphatic heterocycles. The molecule has 0 aliphatic rings. The SMILES string of the molecule is NC(=O)c1csc2ncn(Cc3nnn(C[C@H](O)c4cc5cc(F)c(Cl)cc5o4)n3)c(=O)c12. The van der Waals surface area contributed by atoms with Crippen LogP contribution in [0.2, 0.25) is 5.02 Å². The monoisotopic (exact) mass is 489 g/mol. The summed E-state index contributed by atoms with van der Waals surface area (Å²) in [4.78, 5) is 30.0. The summed E-state index contributed by atoms with van der Waals surface area (Å²) >= 11 is 6.90. The number of fused-ring (bicyclic) bond motifs is 2. The Bertz CT molecular complexity index is 1550. The molecule has 0 aliphatic carbocycles. The van der Waals surface area contributed by atoms with Crippen LogP contribution in [0.1, 0.15) is 28.0 Å². The zero-order valence-electron chi connectivity index (χ0n) is 16.5. The van der Waals surface area contributed by atoms with Crippen LogP contribution in [0.5, 0.6) is 0 Å². The highest BCUT2D eigenvalue weighted by molar-refractivity contribution is 7.17. The van der Waals surface area contributed by atoms with Crippen LogP contribution >= 0.6 is 22.9 Å². The molecule has 5 rings (SSSR count). The number of primary amides is 1. The summed E-state index contributed by atoms with van der Waals surface area (Å²) in [5.74, 6) is -0.957. The van der Waals surface area contributed by atoms with Crippen LogP contribution in [0.15, 0.2) is 39.1 Å². The molecule has 0 bridgehead atoms. The Morgan fingerprint density at radius 3 is 2.97 bits per heavy atom. The Morgan fingerprint density at radius 2 is 2.18 bits per heavy atom. The van der Waals surface area contributed by atoms with E-state index in [-0.39, 0.29) is 40.6 Å². The third-order valence-corrected chi connectivity index (χ3v) is 6.05. The maximum Gasteiger partial charge on any atom is 0.263 e. The molecular weight excluding hydrogens is 477 g/mol. The lowest BCUT2D eigenvalue weighted by Crippen LogP contribution is -2.23. The van der Waals surface area contributed by atoms with Gasteiger partial charge in [0.25, 0.3) is 5.56 Å². The first-order valence-corrected chi connectivity index (χ1v) is 10.7. The van der Waals surface area contributed by atoms with Crippen LogP contribution in [-0.4, -0.2) is 40.8 Å². The van der Waals surface area contributed by atoms with E-state index >= 15 is 0 Å². The van der Waals surface area contributed by atoms with Crippen LogP contribution in [0, 0.1) is 5.82 Å². The number of amides is 1. The number of tetrazole rings is 1. The third-order valence-electron chi connectivity index (χ3n) is 4.88. The molecule has 3 N–H and O–H groups in total. The number of hydrogen-bond acceptors (Lipinski definition) is 9. The second-order valence-corrected chi connectivity index (χ2v) is 8.37. The molecule has 14 heteroatoms. The average Bonchev–Trinajstić information content (AvgIpc) is 3.49. The second-order valence-electron chi connectivity index (χ2n) is 7.10. The highest BCUT2D eigenvalue weighted by Gasteiger charge is 2.19. The van der Waals surface area contributed by atoms with Crippen LogP contribution < -0.4 is 11.3 Å². The summed E-state index contributed by atoms with van der Waals surface area (Å²) < 4.78 is 20.4. The normalized spacial score (nSPS) is 12.6. The van der Waals surface area contributed by atoms with Crippen molar-refractivity contribution in [1.82, 2.24) is 29.8 Å². The second kappa shape index (κ2) is 8.03. The Kier molecular flexibility index (Phi) is 5.15. The summed E-state index contributed by atoms with van der Waals surface area (Å²) in [7, 11) is 0. The molecule has 0 spiro atoms. The fourth-order valence-corrected chi connectivity index (χ4v) is 4.33. The maximum atomic E-state index is 13.6. The number of halogens is 2. The number of aliphatic hydroxyl groups excluding tert-OH is 1. The molecule has 168 valence electrons. The fourth-order valence-electron chi connectivity index (χ4n) is 3.29. The van der Waals surface area contributed by atoms with Gasteiger partial charge in [-0.2, -0.15) is 4.80 Å². The number of rotatable bonds is 6. The predicted molar refractivity (Wildman–Crippen MR) is 115 cm³/mol. The van der Waals surface area contributed by atoms with Crippen molar-refractivity contribution in [1.29, 1.82) is 0 Å². The Hall–Kier alpha value is -3.68. The minimum Gasteiger partial charge on any atom is -0.458 e. The summed E-state index contributed by atoms with van der Waals surface area (Å²) in [5.41, 5.74) is 5.30. The number of carbonyl (C=O) groups is 1. The van der Waals surface area contributed by atoms with E-state index in [1.807, 2.05) is 0 Å². The topological polar surface area (TPSA) is 155 Å². The zero-order chi connectivity index (χ0) is 23.3. The van der Waals surface area contributed by atoms with E-state index in [2.05, 4.69) is 20.4 Å². The fraction of sp³-hybridized carbons (Fsp3) is 0.158. The van der Waals surface area contributed by atoms with E-state index in [1.165, 1.54) is 34.5 Å². The Balaban J connectivity index is 1.35. The molecule has 0 saturated carbocycles. The van der Waals surface area contributed by atoms with Crippen molar-refractivity contribution in [3.63, 3.8) is 0 Å². The van der Waals surface area contributed by atoms with E-state index in [0.29, 0.717) is 15.8 Å². The van der Waals surface area contributed by atoms with Gasteiger partial charge in [0.1, 0.15) is 28.1 Å². The van der Waals surface area contributed by atoms with Gasteiger partial charge in [0.2, 0.25) is 5.91 Å². The van der Waals surface area contributed by atoms with Gasteiger partial charge >= 0.3 is 0 Å². The first-order chi connectivity index (χ1) is 15.8. The van der Waals surface area contributed by atoms with Crippen molar-refractivity contribution >= 4 is 50.0 Å². The van der Waals surface area contributed by atoms with E-state index < -0.39 is 23.4 Å². The first kappa shape index (κ1) is 21.2. The molecule has 1 aromatic carbocycles. The summed E-state index contributed by atoms with van der Waals surface area (Å²) in [6.45, 7) is -0.167. The molecule has 33 heavy (non-hydrogen) atoms. The Labute approximate surface area is 191 Å². The van der Waals surface area contributed by atoms with E-state index in [1.54, 1.807) is 0 Å². The van der Waals surface area contributed by atoms with Gasteiger partial charge in [-0.05, 0) is 17.3 Å². The number of nitrogens with zero attached hydrogens (tertiary/aromatic N) is 6. The standard InChI is InChI=1S/C19H13ClFN7O4S/c20-10-3-13-8(1-11(10)21)2-14(32-13)12(29)4-28-25-15(24-26-28)5-27-7-23-18-16(19(27)31)9(6-33-18)17(22)30/h1-3,6-7,12,29H,4-5H2,(H2,22,30)/t12-/m0/s1. The van der Waals surface area contributed by atoms with Gasteiger partial charge in [-0.25, -0.2) is 9.37 Å². The van der Waals surface area contributed by atoms with Gasteiger partial charge in [-0.15, -0.1) is 21.5 Å².